The zero-order valence-corrected chi connectivity index (χ0v) is 14.1. The molecule has 0 radical (unpaired) electrons. The number of nitrogens with zero attached hydrogens (tertiary/aromatic N) is 2. The van der Waals surface area contributed by atoms with Gasteiger partial charge in [-0.05, 0) is 37.0 Å². The summed E-state index contributed by atoms with van der Waals surface area (Å²) in [6.45, 7) is 7.41. The number of piperidine rings is 1. The molecule has 21 heavy (non-hydrogen) atoms. The summed E-state index contributed by atoms with van der Waals surface area (Å²) in [7, 11) is 1.78. The van der Waals surface area contributed by atoms with Crippen molar-refractivity contribution in [3.05, 3.63) is 10.6 Å². The minimum atomic E-state index is -0.332. The van der Waals surface area contributed by atoms with Crippen LogP contribution in [0.25, 0.3) is 0 Å². The monoisotopic (exact) mass is 310 g/mol. The molecule has 1 aromatic rings. The van der Waals surface area contributed by atoms with E-state index in [4.69, 9.17) is 9.72 Å². The molecule has 1 saturated heterocycles. The highest BCUT2D eigenvalue weighted by molar-refractivity contribution is 7.15. The fourth-order valence-corrected chi connectivity index (χ4v) is 4.66. The van der Waals surface area contributed by atoms with E-state index in [1.807, 2.05) is 0 Å². The van der Waals surface area contributed by atoms with E-state index in [0.29, 0.717) is 5.92 Å². The van der Waals surface area contributed by atoms with Crippen LogP contribution in [0.15, 0.2) is 0 Å². The predicted octanol–water partition coefficient (Wildman–Crippen LogP) is 3.01. The van der Waals surface area contributed by atoms with Crippen LogP contribution in [-0.4, -0.2) is 36.9 Å². The molecule has 1 fully saturated rings. The van der Waals surface area contributed by atoms with Crippen molar-refractivity contribution >= 4 is 16.5 Å². The van der Waals surface area contributed by atoms with E-state index >= 15 is 0 Å². The van der Waals surface area contributed by atoms with E-state index in [0.717, 1.165) is 48.2 Å². The van der Waals surface area contributed by atoms with Crippen LogP contribution in [0.3, 0.4) is 0 Å². The van der Waals surface area contributed by atoms with Gasteiger partial charge in [-0.1, -0.05) is 25.2 Å². The third-order valence-electron chi connectivity index (χ3n) is 4.70. The van der Waals surface area contributed by atoms with E-state index in [9.17, 15) is 5.11 Å². The average molecular weight is 310 g/mol. The molecule has 1 N–H and O–H groups in total. The molecule has 1 unspecified atom stereocenters. The van der Waals surface area contributed by atoms with Gasteiger partial charge in [0.2, 0.25) is 0 Å². The normalized spacial score (nSPS) is 25.9. The molecule has 1 aliphatic carbocycles. The van der Waals surface area contributed by atoms with E-state index < -0.39 is 0 Å². The number of thiazole rings is 1. The third kappa shape index (κ3) is 3.25. The molecule has 0 spiro atoms. The number of hydrogen-bond donors (Lipinski definition) is 1. The molecule has 1 aliphatic heterocycles. The Bertz CT molecular complexity index is 492. The molecule has 0 bridgehead atoms. The largest absolute Gasteiger partial charge is 0.387 e. The Morgan fingerprint density at radius 1 is 1.38 bits per heavy atom. The maximum Gasteiger partial charge on any atom is 0.185 e. The molecule has 1 aromatic heterocycles. The van der Waals surface area contributed by atoms with Crippen LogP contribution in [-0.2, 0) is 11.2 Å². The molecule has 1 atom stereocenters. The van der Waals surface area contributed by atoms with Gasteiger partial charge in [-0.3, -0.25) is 0 Å². The first-order chi connectivity index (χ1) is 9.98. The van der Waals surface area contributed by atoms with Crippen LogP contribution in [0.5, 0.6) is 0 Å². The van der Waals surface area contributed by atoms with Crippen molar-refractivity contribution in [1.29, 1.82) is 0 Å². The van der Waals surface area contributed by atoms with Crippen molar-refractivity contribution in [2.24, 2.45) is 11.3 Å². The quantitative estimate of drug-likeness (QED) is 0.932. The molecule has 0 saturated carbocycles. The van der Waals surface area contributed by atoms with Gasteiger partial charge in [0.05, 0.1) is 16.7 Å². The molecule has 2 aliphatic rings. The van der Waals surface area contributed by atoms with Crippen LogP contribution >= 0.6 is 11.3 Å². The third-order valence-corrected chi connectivity index (χ3v) is 5.96. The lowest BCUT2D eigenvalue weighted by molar-refractivity contribution is 0.102. The Hall–Kier alpha value is -0.650. The second-order valence-corrected chi connectivity index (χ2v) is 8.26. The summed E-state index contributed by atoms with van der Waals surface area (Å²) in [4.78, 5) is 8.33. The molecular weight excluding hydrogens is 284 g/mol. The Morgan fingerprint density at radius 3 is 2.76 bits per heavy atom. The van der Waals surface area contributed by atoms with Crippen molar-refractivity contribution in [3.63, 3.8) is 0 Å². The summed E-state index contributed by atoms with van der Waals surface area (Å²) in [5.74, 6) is 0.686. The maximum absolute atomic E-state index is 10.4. The number of ether oxygens (including phenoxy) is 1. The van der Waals surface area contributed by atoms with Gasteiger partial charge in [0.25, 0.3) is 0 Å². The summed E-state index contributed by atoms with van der Waals surface area (Å²) in [6.07, 6.45) is 3.84. The van der Waals surface area contributed by atoms with E-state index in [1.165, 1.54) is 12.8 Å². The Balaban J connectivity index is 1.71. The van der Waals surface area contributed by atoms with Crippen molar-refractivity contribution in [1.82, 2.24) is 4.98 Å². The Labute approximate surface area is 131 Å². The zero-order valence-electron chi connectivity index (χ0n) is 13.3. The van der Waals surface area contributed by atoms with Gasteiger partial charge in [0, 0.05) is 26.8 Å². The van der Waals surface area contributed by atoms with Gasteiger partial charge < -0.3 is 14.7 Å². The van der Waals surface area contributed by atoms with Crippen LogP contribution in [0.2, 0.25) is 0 Å². The highest BCUT2D eigenvalue weighted by Crippen LogP contribution is 2.45. The van der Waals surface area contributed by atoms with E-state index in [1.54, 1.807) is 18.4 Å². The number of anilines is 1. The SMILES string of the molecule is COCC1CCN(c2nc3c(s2)C(O)CC(C)(C)C3)CC1. The van der Waals surface area contributed by atoms with Gasteiger partial charge in [0.1, 0.15) is 0 Å². The number of aromatic nitrogens is 1. The standard InChI is InChI=1S/C16H26N2O2S/c1-16(2)8-12-14(13(19)9-16)21-15(17-12)18-6-4-11(5-7-18)10-20-3/h11,13,19H,4-10H2,1-3H3. The molecule has 5 heteroatoms. The second-order valence-electron chi connectivity index (χ2n) is 7.25. The minimum Gasteiger partial charge on any atom is -0.387 e. The minimum absolute atomic E-state index is 0.156. The molecule has 0 amide bonds. The average Bonchev–Trinajstić information content (AvgIpc) is 2.82. The lowest BCUT2D eigenvalue weighted by atomic mass is 9.77. The summed E-state index contributed by atoms with van der Waals surface area (Å²) in [5, 5.41) is 11.5. The van der Waals surface area contributed by atoms with Gasteiger partial charge >= 0.3 is 0 Å². The lowest BCUT2D eigenvalue weighted by Gasteiger charge is -2.31. The van der Waals surface area contributed by atoms with E-state index in [-0.39, 0.29) is 11.5 Å². The molecule has 2 heterocycles. The summed E-state index contributed by atoms with van der Waals surface area (Å²) < 4.78 is 5.26. The van der Waals surface area contributed by atoms with Crippen molar-refractivity contribution in [2.45, 2.75) is 45.6 Å². The molecule has 4 nitrogen and oxygen atoms in total. The van der Waals surface area contributed by atoms with Crippen LogP contribution in [0.1, 0.15) is 49.8 Å². The van der Waals surface area contributed by atoms with Crippen molar-refractivity contribution < 1.29 is 9.84 Å². The number of methoxy groups -OCH3 is 1. The topological polar surface area (TPSA) is 45.6 Å². The first-order valence-electron chi connectivity index (χ1n) is 7.90. The molecule has 0 aromatic carbocycles. The number of fused-ring (bicyclic) bond motifs is 1. The first kappa shape index (κ1) is 15.3. The van der Waals surface area contributed by atoms with E-state index in [2.05, 4.69) is 18.7 Å². The number of rotatable bonds is 3. The van der Waals surface area contributed by atoms with Crippen LogP contribution in [0, 0.1) is 11.3 Å². The smallest absolute Gasteiger partial charge is 0.185 e. The second kappa shape index (κ2) is 5.86. The first-order valence-corrected chi connectivity index (χ1v) is 8.72. The van der Waals surface area contributed by atoms with Crippen molar-refractivity contribution in [2.75, 3.05) is 31.7 Å². The zero-order chi connectivity index (χ0) is 15.0. The maximum atomic E-state index is 10.4. The highest BCUT2D eigenvalue weighted by Gasteiger charge is 2.35. The summed E-state index contributed by atoms with van der Waals surface area (Å²) >= 11 is 1.70. The summed E-state index contributed by atoms with van der Waals surface area (Å²) in [6, 6.07) is 0. The predicted molar refractivity (Wildman–Crippen MR) is 86.0 cm³/mol. The number of aliphatic hydroxyl groups is 1. The van der Waals surface area contributed by atoms with Crippen molar-refractivity contribution in [3.8, 4) is 0 Å². The molecule has 118 valence electrons. The molecular formula is C16H26N2O2S. The van der Waals surface area contributed by atoms with Gasteiger partial charge in [0.15, 0.2) is 5.13 Å². The van der Waals surface area contributed by atoms with Gasteiger partial charge in [-0.25, -0.2) is 4.98 Å². The number of aliphatic hydroxyl groups excluding tert-OH is 1. The molecule has 3 rings (SSSR count). The van der Waals surface area contributed by atoms with Crippen LogP contribution < -0.4 is 4.90 Å². The Kier molecular flexibility index (Phi) is 4.26. The fourth-order valence-electron chi connectivity index (χ4n) is 3.54. The summed E-state index contributed by atoms with van der Waals surface area (Å²) in [5.41, 5.74) is 1.28. The van der Waals surface area contributed by atoms with Gasteiger partial charge in [-0.15, -0.1) is 0 Å². The van der Waals surface area contributed by atoms with Crippen LogP contribution in [0.4, 0.5) is 5.13 Å². The number of hydrogen-bond acceptors (Lipinski definition) is 5. The fraction of sp³-hybridized carbons (Fsp3) is 0.812. The highest BCUT2D eigenvalue weighted by atomic mass is 32.1. The van der Waals surface area contributed by atoms with Gasteiger partial charge in [-0.2, -0.15) is 0 Å². The lowest BCUT2D eigenvalue weighted by Crippen LogP contribution is -2.34. The Morgan fingerprint density at radius 2 is 2.10 bits per heavy atom.